The molecule has 0 atom stereocenters. The van der Waals surface area contributed by atoms with Crippen LogP contribution in [-0.2, 0) is 4.74 Å². The monoisotopic (exact) mass is 329 g/mol. The molecule has 1 aliphatic heterocycles. The Balaban J connectivity index is 1.61. The highest BCUT2D eigenvalue weighted by molar-refractivity contribution is 5.75. The van der Waals surface area contributed by atoms with Crippen LogP contribution in [0.5, 0.6) is 0 Å². The molecule has 1 aliphatic rings. The van der Waals surface area contributed by atoms with Gasteiger partial charge in [-0.1, -0.05) is 18.2 Å². The van der Waals surface area contributed by atoms with E-state index in [4.69, 9.17) is 4.74 Å². The topological polar surface area (TPSA) is 61.9 Å². The largest absolute Gasteiger partial charge is 0.385 e. The van der Waals surface area contributed by atoms with Crippen LogP contribution in [0, 0.1) is 0 Å². The summed E-state index contributed by atoms with van der Waals surface area (Å²) in [6.45, 7) is 4.43. The minimum absolute atomic E-state index is 0.364. The van der Waals surface area contributed by atoms with E-state index >= 15 is 0 Å². The molecule has 6 heteroatoms. The van der Waals surface area contributed by atoms with Crippen molar-refractivity contribution in [2.24, 2.45) is 0 Å². The maximum Gasteiger partial charge on any atom is 0.253 e. The van der Waals surface area contributed by atoms with E-state index in [9.17, 15) is 9.59 Å². The molecule has 1 fully saturated rings. The number of ether oxygens (including phenoxy) is 1. The summed E-state index contributed by atoms with van der Waals surface area (Å²) in [4.78, 5) is 28.1. The zero-order valence-corrected chi connectivity index (χ0v) is 14.0. The van der Waals surface area contributed by atoms with Crippen molar-refractivity contribution < 1.29 is 4.74 Å². The number of piperazine rings is 1. The molecule has 0 aliphatic carbocycles. The molecule has 2 aromatic rings. The fourth-order valence-corrected chi connectivity index (χ4v) is 3.10. The highest BCUT2D eigenvalue weighted by atomic mass is 16.5. The summed E-state index contributed by atoms with van der Waals surface area (Å²) in [5.74, 6) is 0. The number of para-hydroxylation sites is 1. The fourth-order valence-electron chi connectivity index (χ4n) is 3.10. The number of hydrogen-bond donors (Lipinski definition) is 1. The third kappa shape index (κ3) is 3.28. The van der Waals surface area contributed by atoms with Gasteiger partial charge in [-0.2, -0.15) is 0 Å². The Morgan fingerprint density at radius 1 is 1.00 bits per heavy atom. The number of hydrogen-bond acceptors (Lipinski definition) is 6. The molecule has 0 saturated carbocycles. The van der Waals surface area contributed by atoms with Crippen molar-refractivity contribution in [2.75, 3.05) is 61.6 Å². The van der Waals surface area contributed by atoms with E-state index in [-0.39, 0.29) is 5.43 Å². The minimum Gasteiger partial charge on any atom is -0.385 e. The van der Waals surface area contributed by atoms with Gasteiger partial charge in [0.1, 0.15) is 11.4 Å². The lowest BCUT2D eigenvalue weighted by Crippen LogP contribution is -2.51. The molecule has 1 N–H and O–H groups in total. The molecule has 0 aromatic heterocycles. The van der Waals surface area contributed by atoms with Crippen molar-refractivity contribution in [3.8, 4) is 0 Å². The Hall–Kier alpha value is -2.34. The zero-order valence-electron chi connectivity index (χ0n) is 14.0. The molecule has 0 bridgehead atoms. The Labute approximate surface area is 141 Å². The summed E-state index contributed by atoms with van der Waals surface area (Å²) in [7, 11) is 1.65. The van der Waals surface area contributed by atoms with Gasteiger partial charge in [-0.25, -0.2) is 0 Å². The van der Waals surface area contributed by atoms with E-state index in [1.807, 2.05) is 23.1 Å². The standard InChI is InChI=1S/C18H23N3O3/c1-24-13-5-8-19-15-16(18(23)17(15)22)21-11-9-20(10-12-21)14-6-3-2-4-7-14/h2-4,6-7,19H,5,8-13H2,1H3. The minimum atomic E-state index is -0.395. The molecule has 24 heavy (non-hydrogen) atoms. The lowest BCUT2D eigenvalue weighted by molar-refractivity contribution is 0.198. The number of benzene rings is 1. The van der Waals surface area contributed by atoms with Crippen molar-refractivity contribution in [1.82, 2.24) is 0 Å². The van der Waals surface area contributed by atoms with Crippen molar-refractivity contribution in [3.63, 3.8) is 0 Å². The highest BCUT2D eigenvalue weighted by Gasteiger charge is 2.28. The summed E-state index contributed by atoms with van der Waals surface area (Å²) in [5.41, 5.74) is 1.47. The van der Waals surface area contributed by atoms with Crippen LogP contribution in [0.25, 0.3) is 0 Å². The molecule has 0 amide bonds. The van der Waals surface area contributed by atoms with E-state index < -0.39 is 5.43 Å². The summed E-state index contributed by atoms with van der Waals surface area (Å²) in [5, 5.41) is 3.10. The second-order valence-corrected chi connectivity index (χ2v) is 5.96. The molecule has 2 aromatic carbocycles. The number of nitrogens with zero attached hydrogens (tertiary/aromatic N) is 2. The second kappa shape index (κ2) is 7.49. The normalized spacial score (nSPS) is 15.0. The van der Waals surface area contributed by atoms with Gasteiger partial charge in [0.05, 0.1) is 0 Å². The van der Waals surface area contributed by atoms with E-state index in [2.05, 4.69) is 22.3 Å². The van der Waals surface area contributed by atoms with Crippen LogP contribution in [0.2, 0.25) is 0 Å². The molecular weight excluding hydrogens is 306 g/mol. The zero-order chi connectivity index (χ0) is 16.9. The van der Waals surface area contributed by atoms with Gasteiger partial charge in [0.2, 0.25) is 0 Å². The van der Waals surface area contributed by atoms with Crippen LogP contribution in [0.4, 0.5) is 17.1 Å². The van der Waals surface area contributed by atoms with E-state index in [0.29, 0.717) is 24.5 Å². The maximum absolute atomic E-state index is 12.0. The average Bonchev–Trinajstić information content (AvgIpc) is 2.64. The molecule has 0 spiro atoms. The molecule has 1 heterocycles. The lowest BCUT2D eigenvalue weighted by Gasteiger charge is -2.38. The van der Waals surface area contributed by atoms with Crippen LogP contribution in [0.1, 0.15) is 6.42 Å². The van der Waals surface area contributed by atoms with Crippen LogP contribution >= 0.6 is 0 Å². The predicted octanol–water partition coefficient (Wildman–Crippen LogP) is 1.06. The molecule has 128 valence electrons. The summed E-state index contributed by atoms with van der Waals surface area (Å²) >= 11 is 0. The highest BCUT2D eigenvalue weighted by Crippen LogP contribution is 2.23. The predicted molar refractivity (Wildman–Crippen MR) is 97.2 cm³/mol. The van der Waals surface area contributed by atoms with Crippen molar-refractivity contribution in [1.29, 1.82) is 0 Å². The van der Waals surface area contributed by atoms with Crippen molar-refractivity contribution in [3.05, 3.63) is 50.8 Å². The van der Waals surface area contributed by atoms with E-state index in [1.165, 1.54) is 5.69 Å². The van der Waals surface area contributed by atoms with Gasteiger partial charge in [0.15, 0.2) is 0 Å². The Kier molecular flexibility index (Phi) is 5.15. The lowest BCUT2D eigenvalue weighted by atomic mass is 10.1. The van der Waals surface area contributed by atoms with E-state index in [1.54, 1.807) is 7.11 Å². The first-order valence-corrected chi connectivity index (χ1v) is 8.33. The first-order chi connectivity index (χ1) is 11.7. The summed E-state index contributed by atoms with van der Waals surface area (Å²) in [6.07, 6.45) is 0.802. The van der Waals surface area contributed by atoms with Crippen molar-refractivity contribution in [2.45, 2.75) is 6.42 Å². The van der Waals surface area contributed by atoms with Crippen LogP contribution < -0.4 is 26.0 Å². The molecule has 6 nitrogen and oxygen atoms in total. The third-order valence-corrected chi connectivity index (χ3v) is 4.43. The second-order valence-electron chi connectivity index (χ2n) is 5.96. The van der Waals surface area contributed by atoms with Crippen LogP contribution in [-0.4, -0.2) is 46.4 Å². The number of nitrogens with one attached hydrogen (secondary N) is 1. The number of anilines is 3. The first-order valence-electron chi connectivity index (χ1n) is 8.33. The van der Waals surface area contributed by atoms with Gasteiger partial charge in [-0.3, -0.25) is 9.59 Å². The van der Waals surface area contributed by atoms with Gasteiger partial charge in [-0.05, 0) is 18.6 Å². The van der Waals surface area contributed by atoms with Gasteiger partial charge in [0, 0.05) is 52.1 Å². The molecule has 0 radical (unpaired) electrons. The van der Waals surface area contributed by atoms with E-state index in [0.717, 1.165) is 32.6 Å². The van der Waals surface area contributed by atoms with Crippen LogP contribution in [0.15, 0.2) is 39.9 Å². The maximum atomic E-state index is 12.0. The molecule has 3 rings (SSSR count). The van der Waals surface area contributed by atoms with Gasteiger partial charge in [0.25, 0.3) is 10.9 Å². The number of rotatable bonds is 7. The summed E-state index contributed by atoms with van der Waals surface area (Å²) < 4.78 is 5.00. The first kappa shape index (κ1) is 16.5. The van der Waals surface area contributed by atoms with Gasteiger partial charge >= 0.3 is 0 Å². The summed E-state index contributed by atoms with van der Waals surface area (Å²) in [6, 6.07) is 10.2. The van der Waals surface area contributed by atoms with Gasteiger partial charge in [-0.15, -0.1) is 0 Å². The molecule has 0 unspecified atom stereocenters. The third-order valence-electron chi connectivity index (χ3n) is 4.43. The van der Waals surface area contributed by atoms with Gasteiger partial charge < -0.3 is 19.9 Å². The Bertz CT molecular complexity index is 730. The van der Waals surface area contributed by atoms with Crippen LogP contribution in [0.3, 0.4) is 0 Å². The molecular formula is C18H23N3O3. The fraction of sp³-hybridized carbons (Fsp3) is 0.444. The SMILES string of the molecule is COCCCNc1c(N2CCN(c3ccccc3)CC2)c(=O)c1=O. The smallest absolute Gasteiger partial charge is 0.253 e. The molecule has 1 saturated heterocycles. The Morgan fingerprint density at radius 3 is 2.33 bits per heavy atom. The Morgan fingerprint density at radius 2 is 1.67 bits per heavy atom. The number of methoxy groups -OCH3 is 1. The average molecular weight is 329 g/mol. The quantitative estimate of drug-likeness (QED) is 0.605. The van der Waals surface area contributed by atoms with Crippen molar-refractivity contribution >= 4 is 17.1 Å².